The van der Waals surface area contributed by atoms with Crippen molar-refractivity contribution in [1.82, 2.24) is 15.3 Å². The van der Waals surface area contributed by atoms with Crippen molar-refractivity contribution in [2.45, 2.75) is 24.7 Å². The van der Waals surface area contributed by atoms with Crippen LogP contribution in [0, 0.1) is 6.92 Å². The van der Waals surface area contributed by atoms with E-state index in [1.807, 2.05) is 32.0 Å². The molecule has 3 aromatic heterocycles. The van der Waals surface area contributed by atoms with Crippen molar-refractivity contribution < 1.29 is 14.3 Å². The third-order valence-corrected chi connectivity index (χ3v) is 6.59. The Bertz CT molecular complexity index is 1030. The summed E-state index contributed by atoms with van der Waals surface area (Å²) in [5.41, 5.74) is 2.36. The van der Waals surface area contributed by atoms with Gasteiger partial charge in [-0.1, -0.05) is 0 Å². The number of nitrogens with one attached hydrogen (secondary N) is 1. The van der Waals surface area contributed by atoms with Crippen LogP contribution in [-0.2, 0) is 4.79 Å². The molecular weight excluding hydrogens is 394 g/mol. The number of methoxy groups -OCH3 is 1. The first-order valence-corrected chi connectivity index (χ1v) is 10.5. The molecule has 1 unspecified atom stereocenters. The van der Waals surface area contributed by atoms with Crippen molar-refractivity contribution in [3.63, 3.8) is 0 Å². The van der Waals surface area contributed by atoms with Crippen molar-refractivity contribution in [2.24, 2.45) is 0 Å². The van der Waals surface area contributed by atoms with Crippen LogP contribution in [-0.4, -0.2) is 41.6 Å². The molecule has 1 N–H and O–H groups in total. The highest BCUT2D eigenvalue weighted by Crippen LogP contribution is 2.30. The number of ketones is 1. The number of nitrogens with zero attached hydrogens (tertiary/aromatic N) is 2. The maximum absolute atomic E-state index is 12.7. The topological polar surface area (TPSA) is 81.2 Å². The van der Waals surface area contributed by atoms with Gasteiger partial charge in [0.05, 0.1) is 29.2 Å². The van der Waals surface area contributed by atoms with Crippen LogP contribution in [0.5, 0.6) is 5.88 Å². The molecule has 0 radical (unpaired) electrons. The summed E-state index contributed by atoms with van der Waals surface area (Å²) in [5, 5.41) is 2.64. The maximum atomic E-state index is 12.7. The van der Waals surface area contributed by atoms with E-state index in [0.29, 0.717) is 10.8 Å². The minimum atomic E-state index is -0.271. The molecule has 3 rings (SSSR count). The number of fused-ring (bicyclic) bond motifs is 1. The molecule has 1 atom stereocenters. The lowest BCUT2D eigenvalue weighted by molar-refractivity contribution is -0.121. The van der Waals surface area contributed by atoms with Gasteiger partial charge in [0.1, 0.15) is 5.52 Å². The van der Waals surface area contributed by atoms with Crippen LogP contribution in [0.3, 0.4) is 0 Å². The fraction of sp³-hybridized carbons (Fsp3) is 0.300. The van der Waals surface area contributed by atoms with E-state index in [0.717, 1.165) is 26.5 Å². The second kappa shape index (κ2) is 8.70. The number of carbonyl (C=O) groups excluding carboxylic acids is 2. The lowest BCUT2D eigenvalue weighted by Crippen LogP contribution is -2.23. The first-order chi connectivity index (χ1) is 13.4. The molecule has 8 heteroatoms. The Labute approximate surface area is 171 Å². The summed E-state index contributed by atoms with van der Waals surface area (Å²) in [7, 11) is 3.18. The number of ether oxygens (including phenoxy) is 1. The lowest BCUT2D eigenvalue weighted by atomic mass is 10.1. The number of rotatable bonds is 7. The van der Waals surface area contributed by atoms with Crippen molar-refractivity contribution in [3.05, 3.63) is 45.8 Å². The van der Waals surface area contributed by atoms with Gasteiger partial charge in [0.15, 0.2) is 5.78 Å². The highest BCUT2D eigenvalue weighted by Gasteiger charge is 2.18. The number of Topliss-reactive ketones (excluding diaryl/α,β-unsaturated/α-hetero) is 1. The molecule has 0 aliphatic rings. The molecule has 0 saturated heterocycles. The zero-order valence-corrected chi connectivity index (χ0v) is 17.7. The number of thioether (sulfide) groups is 1. The predicted molar refractivity (Wildman–Crippen MR) is 113 cm³/mol. The largest absolute Gasteiger partial charge is 0.481 e. The smallest absolute Gasteiger partial charge is 0.227 e. The van der Waals surface area contributed by atoms with E-state index in [4.69, 9.17) is 4.74 Å². The van der Waals surface area contributed by atoms with E-state index < -0.39 is 0 Å². The third kappa shape index (κ3) is 4.34. The zero-order chi connectivity index (χ0) is 20.3. The average Bonchev–Trinajstić information content (AvgIpc) is 3.20. The van der Waals surface area contributed by atoms with Crippen LogP contribution in [0.25, 0.3) is 11.0 Å². The molecule has 0 aromatic carbocycles. The molecule has 3 heterocycles. The van der Waals surface area contributed by atoms with Crippen LogP contribution < -0.4 is 10.1 Å². The Morgan fingerprint density at radius 1 is 1.25 bits per heavy atom. The monoisotopic (exact) mass is 415 g/mol. The summed E-state index contributed by atoms with van der Waals surface area (Å²) in [6, 6.07) is 9.21. The van der Waals surface area contributed by atoms with E-state index in [1.54, 1.807) is 26.3 Å². The quantitative estimate of drug-likeness (QED) is 0.467. The summed E-state index contributed by atoms with van der Waals surface area (Å²) in [6.07, 6.45) is 0. The normalized spacial score (nSPS) is 12.0. The standard InChI is InChI=1S/C20H21N3O3S2/c1-11-9-17(19-13(22-11)5-8-18(23-19)26-4)27-10-14(24)16-7-6-15(28-16)12(2)20(25)21-3/h5-9,12H,10H2,1-4H3,(H,21,25). The van der Waals surface area contributed by atoms with Gasteiger partial charge < -0.3 is 10.1 Å². The number of aromatic nitrogens is 2. The van der Waals surface area contributed by atoms with Gasteiger partial charge in [-0.3, -0.25) is 14.6 Å². The number of amides is 1. The number of thiophene rings is 1. The SMILES string of the molecule is CNC(=O)C(C)c1ccc(C(=O)CSc2cc(C)nc3ccc(OC)nc23)s1. The van der Waals surface area contributed by atoms with Crippen LogP contribution in [0.1, 0.15) is 33.1 Å². The van der Waals surface area contributed by atoms with Crippen LogP contribution in [0.4, 0.5) is 0 Å². The van der Waals surface area contributed by atoms with Crippen LogP contribution in [0.2, 0.25) is 0 Å². The molecule has 6 nitrogen and oxygen atoms in total. The molecule has 0 fully saturated rings. The van der Waals surface area contributed by atoms with Gasteiger partial charge in [0.2, 0.25) is 11.8 Å². The van der Waals surface area contributed by atoms with E-state index in [9.17, 15) is 9.59 Å². The fourth-order valence-corrected chi connectivity index (χ4v) is 4.78. The van der Waals surface area contributed by atoms with Crippen molar-refractivity contribution in [3.8, 4) is 5.88 Å². The molecule has 3 aromatic rings. The molecule has 0 aliphatic heterocycles. The van der Waals surface area contributed by atoms with E-state index in [2.05, 4.69) is 15.3 Å². The maximum Gasteiger partial charge on any atom is 0.227 e. The Morgan fingerprint density at radius 2 is 2.04 bits per heavy atom. The van der Waals surface area contributed by atoms with E-state index in [1.165, 1.54) is 23.1 Å². The highest BCUT2D eigenvalue weighted by atomic mass is 32.2. The van der Waals surface area contributed by atoms with Crippen molar-refractivity contribution >= 4 is 45.8 Å². The molecule has 1 amide bonds. The van der Waals surface area contributed by atoms with E-state index in [-0.39, 0.29) is 23.4 Å². The summed E-state index contributed by atoms with van der Waals surface area (Å²) >= 11 is 2.80. The van der Waals surface area contributed by atoms with Gasteiger partial charge in [0.25, 0.3) is 0 Å². The number of likely N-dealkylation sites (N-methyl/N-ethyl adjacent to an activating group) is 1. The van der Waals surface area contributed by atoms with Gasteiger partial charge in [0, 0.05) is 28.6 Å². The summed E-state index contributed by atoms with van der Waals surface area (Å²) in [4.78, 5) is 35.9. The molecule has 0 aliphatic carbocycles. The van der Waals surface area contributed by atoms with Crippen molar-refractivity contribution in [2.75, 3.05) is 19.9 Å². The first-order valence-electron chi connectivity index (χ1n) is 8.72. The van der Waals surface area contributed by atoms with Gasteiger partial charge in [-0.15, -0.1) is 23.1 Å². The van der Waals surface area contributed by atoms with Gasteiger partial charge >= 0.3 is 0 Å². The second-order valence-corrected chi connectivity index (χ2v) is 8.37. The lowest BCUT2D eigenvalue weighted by Gasteiger charge is -2.08. The fourth-order valence-electron chi connectivity index (χ4n) is 2.71. The Balaban J connectivity index is 1.78. The summed E-state index contributed by atoms with van der Waals surface area (Å²) < 4.78 is 5.21. The molecule has 28 heavy (non-hydrogen) atoms. The molecule has 0 saturated carbocycles. The molecule has 0 spiro atoms. The van der Waals surface area contributed by atoms with E-state index >= 15 is 0 Å². The first kappa shape index (κ1) is 20.3. The minimum absolute atomic E-state index is 0.0240. The van der Waals surface area contributed by atoms with Gasteiger partial charge in [-0.2, -0.15) is 0 Å². The van der Waals surface area contributed by atoms with Gasteiger partial charge in [-0.25, -0.2) is 4.98 Å². The summed E-state index contributed by atoms with van der Waals surface area (Å²) in [6.45, 7) is 3.75. The second-order valence-electron chi connectivity index (χ2n) is 6.23. The van der Waals surface area contributed by atoms with Gasteiger partial charge in [-0.05, 0) is 38.1 Å². The molecule has 146 valence electrons. The number of hydrogen-bond donors (Lipinski definition) is 1. The minimum Gasteiger partial charge on any atom is -0.481 e. The van der Waals surface area contributed by atoms with Crippen LogP contribution >= 0.6 is 23.1 Å². The number of pyridine rings is 2. The highest BCUT2D eigenvalue weighted by molar-refractivity contribution is 8.00. The Hall–Kier alpha value is -2.45. The van der Waals surface area contributed by atoms with Crippen LogP contribution in [0.15, 0.2) is 35.2 Å². The average molecular weight is 416 g/mol. The number of carbonyl (C=O) groups is 2. The number of hydrogen-bond acceptors (Lipinski definition) is 7. The Kier molecular flexibility index (Phi) is 6.31. The number of aryl methyl sites for hydroxylation is 1. The predicted octanol–water partition coefficient (Wildman–Crippen LogP) is 3.83. The zero-order valence-electron chi connectivity index (χ0n) is 16.1. The third-order valence-electron chi connectivity index (χ3n) is 4.25. The van der Waals surface area contributed by atoms with Crippen molar-refractivity contribution in [1.29, 1.82) is 0 Å². The summed E-state index contributed by atoms with van der Waals surface area (Å²) in [5.74, 6) is 0.487. The molecular formula is C20H21N3O3S2. The molecule has 0 bridgehead atoms. The Morgan fingerprint density at radius 3 is 2.75 bits per heavy atom.